The highest BCUT2D eigenvalue weighted by molar-refractivity contribution is 5.85. The van der Waals surface area contributed by atoms with Crippen molar-refractivity contribution in [2.24, 2.45) is 0 Å². The van der Waals surface area contributed by atoms with Crippen LogP contribution < -0.4 is 5.32 Å². The van der Waals surface area contributed by atoms with Crippen LogP contribution in [0.5, 0.6) is 0 Å². The number of nitrogens with zero attached hydrogens (tertiary/aromatic N) is 2. The summed E-state index contributed by atoms with van der Waals surface area (Å²) in [7, 11) is 0. The van der Waals surface area contributed by atoms with Crippen molar-refractivity contribution in [3.05, 3.63) is 77.9 Å². The molecule has 0 saturated carbocycles. The van der Waals surface area contributed by atoms with E-state index in [0.29, 0.717) is 6.61 Å². The normalized spacial score (nSPS) is 16.5. The largest absolute Gasteiger partial charge is 0.375 e. The summed E-state index contributed by atoms with van der Waals surface area (Å²) < 4.78 is 20.2. The molecule has 1 aliphatic heterocycles. The lowest BCUT2D eigenvalue weighted by Gasteiger charge is -2.25. The van der Waals surface area contributed by atoms with Gasteiger partial charge in [0.1, 0.15) is 11.9 Å². The third kappa shape index (κ3) is 3.79. The standard InChI is InChI=1S/C23H20FN3O/c24-22-13-17(4-5-19(22)14-25)21-3-1-2-18(12-20-15-27-10-11-28-20)23(21)16-6-8-26-9-7-16/h1-9,13,20,27H,10-12,15H2. The van der Waals surface area contributed by atoms with Gasteiger partial charge in [-0.15, -0.1) is 0 Å². The van der Waals surface area contributed by atoms with Crippen molar-refractivity contribution in [2.45, 2.75) is 12.5 Å². The van der Waals surface area contributed by atoms with Crippen molar-refractivity contribution >= 4 is 0 Å². The molecule has 140 valence electrons. The molecule has 3 aromatic rings. The summed E-state index contributed by atoms with van der Waals surface area (Å²) in [6, 6.07) is 16.6. The van der Waals surface area contributed by atoms with Gasteiger partial charge in [0.05, 0.1) is 18.3 Å². The molecule has 0 radical (unpaired) electrons. The first kappa shape index (κ1) is 18.3. The number of aromatic nitrogens is 1. The number of nitrogens with one attached hydrogen (secondary N) is 1. The predicted molar refractivity (Wildman–Crippen MR) is 106 cm³/mol. The summed E-state index contributed by atoms with van der Waals surface area (Å²) in [4.78, 5) is 4.12. The van der Waals surface area contributed by atoms with Gasteiger partial charge in [0.2, 0.25) is 0 Å². The van der Waals surface area contributed by atoms with Crippen LogP contribution in [-0.4, -0.2) is 30.8 Å². The van der Waals surface area contributed by atoms with Gasteiger partial charge >= 0.3 is 0 Å². The van der Waals surface area contributed by atoms with Gasteiger partial charge in [-0.1, -0.05) is 24.3 Å². The SMILES string of the molecule is N#Cc1ccc(-c2cccc(CC3CNCCO3)c2-c2ccncc2)cc1F. The molecule has 4 nitrogen and oxygen atoms in total. The Morgan fingerprint density at radius 2 is 2.00 bits per heavy atom. The van der Waals surface area contributed by atoms with Crippen molar-refractivity contribution in [3.63, 3.8) is 0 Å². The van der Waals surface area contributed by atoms with Crippen LogP contribution in [0.25, 0.3) is 22.3 Å². The van der Waals surface area contributed by atoms with Crippen LogP contribution in [0.2, 0.25) is 0 Å². The van der Waals surface area contributed by atoms with E-state index in [1.54, 1.807) is 18.5 Å². The molecule has 5 heteroatoms. The zero-order valence-electron chi connectivity index (χ0n) is 15.4. The summed E-state index contributed by atoms with van der Waals surface area (Å²) in [5.74, 6) is -0.508. The van der Waals surface area contributed by atoms with Crippen LogP contribution >= 0.6 is 0 Å². The lowest BCUT2D eigenvalue weighted by Crippen LogP contribution is -2.39. The van der Waals surface area contributed by atoms with E-state index in [1.165, 1.54) is 12.1 Å². The van der Waals surface area contributed by atoms with Gasteiger partial charge in [-0.25, -0.2) is 4.39 Å². The minimum absolute atomic E-state index is 0.0482. The van der Waals surface area contributed by atoms with Crippen LogP contribution in [0.4, 0.5) is 4.39 Å². The molecular formula is C23H20FN3O. The lowest BCUT2D eigenvalue weighted by atomic mass is 9.88. The zero-order valence-corrected chi connectivity index (χ0v) is 15.4. The number of ether oxygens (including phenoxy) is 1. The smallest absolute Gasteiger partial charge is 0.141 e. The minimum atomic E-state index is -0.508. The number of hydrogen-bond acceptors (Lipinski definition) is 4. The maximum Gasteiger partial charge on any atom is 0.141 e. The van der Waals surface area contributed by atoms with Crippen molar-refractivity contribution in [3.8, 4) is 28.3 Å². The maximum absolute atomic E-state index is 14.3. The summed E-state index contributed by atoms with van der Waals surface area (Å²) in [5.41, 5.74) is 4.93. The van der Waals surface area contributed by atoms with Crippen LogP contribution in [-0.2, 0) is 11.2 Å². The van der Waals surface area contributed by atoms with Crippen molar-refractivity contribution in [1.29, 1.82) is 5.26 Å². The number of hydrogen-bond donors (Lipinski definition) is 1. The van der Waals surface area contributed by atoms with E-state index in [1.807, 2.05) is 30.3 Å². The summed E-state index contributed by atoms with van der Waals surface area (Å²) >= 11 is 0. The Labute approximate surface area is 163 Å². The highest BCUT2D eigenvalue weighted by atomic mass is 19.1. The van der Waals surface area contributed by atoms with Gasteiger partial charge in [0.15, 0.2) is 0 Å². The number of pyridine rings is 1. The molecule has 4 rings (SSSR count). The Bertz CT molecular complexity index is 1010. The first-order chi connectivity index (χ1) is 13.8. The van der Waals surface area contributed by atoms with Crippen LogP contribution in [0.3, 0.4) is 0 Å². The minimum Gasteiger partial charge on any atom is -0.375 e. The molecule has 1 saturated heterocycles. The van der Waals surface area contributed by atoms with Crippen molar-refractivity contribution in [1.82, 2.24) is 10.3 Å². The second kappa shape index (κ2) is 8.30. The van der Waals surface area contributed by atoms with Gasteiger partial charge in [-0.2, -0.15) is 5.26 Å². The average molecular weight is 373 g/mol. The molecular weight excluding hydrogens is 353 g/mol. The summed E-state index contributed by atoms with van der Waals surface area (Å²) in [6.07, 6.45) is 4.38. The van der Waals surface area contributed by atoms with Gasteiger partial charge in [0.25, 0.3) is 0 Å². The molecule has 1 aromatic heterocycles. The molecule has 0 spiro atoms. The van der Waals surface area contributed by atoms with E-state index in [4.69, 9.17) is 10.00 Å². The van der Waals surface area contributed by atoms with Gasteiger partial charge in [-0.05, 0) is 52.1 Å². The monoisotopic (exact) mass is 373 g/mol. The van der Waals surface area contributed by atoms with E-state index < -0.39 is 5.82 Å². The van der Waals surface area contributed by atoms with E-state index in [0.717, 1.165) is 47.3 Å². The van der Waals surface area contributed by atoms with Crippen LogP contribution in [0.15, 0.2) is 60.9 Å². The fraction of sp³-hybridized carbons (Fsp3) is 0.217. The zero-order chi connectivity index (χ0) is 19.3. The highest BCUT2D eigenvalue weighted by Gasteiger charge is 2.19. The topological polar surface area (TPSA) is 57.9 Å². The van der Waals surface area contributed by atoms with Gasteiger partial charge < -0.3 is 10.1 Å². The Morgan fingerprint density at radius 1 is 1.14 bits per heavy atom. The third-order valence-electron chi connectivity index (χ3n) is 4.97. The van der Waals surface area contributed by atoms with E-state index >= 15 is 0 Å². The van der Waals surface area contributed by atoms with Gasteiger partial charge in [0, 0.05) is 31.9 Å². The molecule has 1 unspecified atom stereocenters. The summed E-state index contributed by atoms with van der Waals surface area (Å²) in [5, 5.41) is 12.4. The molecule has 1 fully saturated rings. The molecule has 1 N–H and O–H groups in total. The molecule has 0 amide bonds. The average Bonchev–Trinajstić information content (AvgIpc) is 2.75. The first-order valence-corrected chi connectivity index (χ1v) is 9.31. The maximum atomic E-state index is 14.3. The first-order valence-electron chi connectivity index (χ1n) is 9.31. The number of rotatable bonds is 4. The second-order valence-corrected chi connectivity index (χ2v) is 6.78. The Kier molecular flexibility index (Phi) is 5.43. The Balaban J connectivity index is 1.83. The van der Waals surface area contributed by atoms with E-state index in [9.17, 15) is 4.39 Å². The molecule has 28 heavy (non-hydrogen) atoms. The van der Waals surface area contributed by atoms with E-state index in [2.05, 4.69) is 16.4 Å². The Hall–Kier alpha value is -3.07. The number of nitriles is 1. The van der Waals surface area contributed by atoms with Crippen molar-refractivity contribution < 1.29 is 9.13 Å². The van der Waals surface area contributed by atoms with Crippen LogP contribution in [0.1, 0.15) is 11.1 Å². The Morgan fingerprint density at radius 3 is 2.71 bits per heavy atom. The lowest BCUT2D eigenvalue weighted by molar-refractivity contribution is 0.0293. The molecule has 2 aromatic carbocycles. The fourth-order valence-electron chi connectivity index (χ4n) is 3.64. The molecule has 0 aliphatic carbocycles. The van der Waals surface area contributed by atoms with Crippen LogP contribution in [0, 0.1) is 17.1 Å². The predicted octanol–water partition coefficient (Wildman–Crippen LogP) is 3.96. The molecule has 0 bridgehead atoms. The number of halogens is 1. The molecule has 1 atom stereocenters. The number of benzene rings is 2. The number of morpholine rings is 1. The molecule has 2 heterocycles. The highest BCUT2D eigenvalue weighted by Crippen LogP contribution is 2.36. The van der Waals surface area contributed by atoms with E-state index in [-0.39, 0.29) is 11.7 Å². The molecule has 1 aliphatic rings. The second-order valence-electron chi connectivity index (χ2n) is 6.78. The van der Waals surface area contributed by atoms with Crippen molar-refractivity contribution in [2.75, 3.05) is 19.7 Å². The fourth-order valence-corrected chi connectivity index (χ4v) is 3.64. The van der Waals surface area contributed by atoms with Gasteiger partial charge in [-0.3, -0.25) is 4.98 Å². The summed E-state index contributed by atoms with van der Waals surface area (Å²) in [6.45, 7) is 2.39. The quantitative estimate of drug-likeness (QED) is 0.752. The third-order valence-corrected chi connectivity index (χ3v) is 4.97.